The van der Waals surface area contributed by atoms with Crippen molar-refractivity contribution in [2.45, 2.75) is 31.8 Å². The number of carbonyl (C=O) groups is 1. The Morgan fingerprint density at radius 1 is 1.33 bits per heavy atom. The number of rotatable bonds is 4. The van der Waals surface area contributed by atoms with Gasteiger partial charge in [0.25, 0.3) is 0 Å². The fourth-order valence-corrected chi connectivity index (χ4v) is 2.64. The summed E-state index contributed by atoms with van der Waals surface area (Å²) in [7, 11) is 0. The summed E-state index contributed by atoms with van der Waals surface area (Å²) in [6.45, 7) is 1.58. The van der Waals surface area contributed by atoms with Crippen molar-refractivity contribution in [1.29, 1.82) is 0 Å². The molecular formula is C16H20N4O. The van der Waals surface area contributed by atoms with Crippen molar-refractivity contribution in [2.24, 2.45) is 0 Å². The van der Waals surface area contributed by atoms with E-state index in [1.54, 1.807) is 6.20 Å². The Labute approximate surface area is 124 Å². The predicted octanol–water partition coefficient (Wildman–Crippen LogP) is 2.01. The van der Waals surface area contributed by atoms with Crippen LogP contribution in [-0.4, -0.2) is 28.3 Å². The van der Waals surface area contributed by atoms with Gasteiger partial charge in [0.1, 0.15) is 0 Å². The molecule has 2 heterocycles. The van der Waals surface area contributed by atoms with Gasteiger partial charge in [0.05, 0.1) is 12.6 Å². The zero-order valence-corrected chi connectivity index (χ0v) is 12.0. The van der Waals surface area contributed by atoms with E-state index in [0.29, 0.717) is 6.54 Å². The van der Waals surface area contributed by atoms with Crippen LogP contribution in [0.3, 0.4) is 0 Å². The van der Waals surface area contributed by atoms with Gasteiger partial charge in [-0.05, 0) is 37.1 Å². The third kappa shape index (κ3) is 3.49. The lowest BCUT2D eigenvalue weighted by Crippen LogP contribution is -2.43. The molecule has 2 aromatic rings. The lowest BCUT2D eigenvalue weighted by molar-refractivity contribution is -0.118. The van der Waals surface area contributed by atoms with Gasteiger partial charge in [0.15, 0.2) is 0 Å². The molecule has 5 nitrogen and oxygen atoms in total. The quantitative estimate of drug-likeness (QED) is 0.903. The van der Waals surface area contributed by atoms with Crippen LogP contribution in [0.1, 0.15) is 24.8 Å². The SMILES string of the molecule is O=C(Nc1ccccc1Cn1cccn1)C1CCCCN1. The van der Waals surface area contributed by atoms with Gasteiger partial charge in [-0.3, -0.25) is 9.48 Å². The van der Waals surface area contributed by atoms with Gasteiger partial charge in [-0.15, -0.1) is 0 Å². The van der Waals surface area contributed by atoms with E-state index in [-0.39, 0.29) is 11.9 Å². The number of benzene rings is 1. The number of carbonyl (C=O) groups excluding carboxylic acids is 1. The maximum Gasteiger partial charge on any atom is 0.241 e. The second-order valence-electron chi connectivity index (χ2n) is 5.35. The summed E-state index contributed by atoms with van der Waals surface area (Å²) in [4.78, 5) is 12.3. The molecule has 0 spiro atoms. The van der Waals surface area contributed by atoms with Crippen LogP contribution in [0.4, 0.5) is 5.69 Å². The average molecular weight is 284 g/mol. The molecule has 0 radical (unpaired) electrons. The Hall–Kier alpha value is -2.14. The largest absolute Gasteiger partial charge is 0.324 e. The molecule has 1 saturated heterocycles. The molecule has 0 saturated carbocycles. The molecule has 1 atom stereocenters. The van der Waals surface area contributed by atoms with Gasteiger partial charge < -0.3 is 10.6 Å². The predicted molar refractivity (Wildman–Crippen MR) is 82.0 cm³/mol. The molecule has 1 aromatic carbocycles. The normalized spacial score (nSPS) is 18.4. The minimum Gasteiger partial charge on any atom is -0.324 e. The Morgan fingerprint density at radius 2 is 2.24 bits per heavy atom. The smallest absolute Gasteiger partial charge is 0.241 e. The molecule has 1 aliphatic rings. The van der Waals surface area contributed by atoms with Gasteiger partial charge in [-0.2, -0.15) is 5.10 Å². The van der Waals surface area contributed by atoms with E-state index in [4.69, 9.17) is 0 Å². The van der Waals surface area contributed by atoms with E-state index in [2.05, 4.69) is 15.7 Å². The first-order chi connectivity index (χ1) is 10.3. The van der Waals surface area contributed by atoms with E-state index in [0.717, 1.165) is 37.1 Å². The number of para-hydroxylation sites is 1. The molecule has 0 aliphatic carbocycles. The first kappa shape index (κ1) is 13.8. The zero-order valence-electron chi connectivity index (χ0n) is 12.0. The lowest BCUT2D eigenvalue weighted by Gasteiger charge is -2.23. The molecule has 1 fully saturated rings. The molecule has 110 valence electrons. The number of hydrogen-bond acceptors (Lipinski definition) is 3. The van der Waals surface area contributed by atoms with Crippen molar-refractivity contribution in [3.63, 3.8) is 0 Å². The summed E-state index contributed by atoms with van der Waals surface area (Å²) < 4.78 is 1.85. The summed E-state index contributed by atoms with van der Waals surface area (Å²) in [5.41, 5.74) is 1.93. The highest BCUT2D eigenvalue weighted by atomic mass is 16.2. The van der Waals surface area contributed by atoms with Crippen LogP contribution >= 0.6 is 0 Å². The number of hydrogen-bond donors (Lipinski definition) is 2. The van der Waals surface area contributed by atoms with Crippen LogP contribution in [0.5, 0.6) is 0 Å². The van der Waals surface area contributed by atoms with E-state index >= 15 is 0 Å². The molecule has 2 N–H and O–H groups in total. The first-order valence-corrected chi connectivity index (χ1v) is 7.42. The highest BCUT2D eigenvalue weighted by molar-refractivity contribution is 5.95. The number of piperidine rings is 1. The molecule has 1 aromatic heterocycles. The van der Waals surface area contributed by atoms with Gasteiger partial charge >= 0.3 is 0 Å². The molecular weight excluding hydrogens is 264 g/mol. The summed E-state index contributed by atoms with van der Waals surface area (Å²) in [6.07, 6.45) is 6.85. The first-order valence-electron chi connectivity index (χ1n) is 7.42. The lowest BCUT2D eigenvalue weighted by atomic mass is 10.0. The third-order valence-corrected chi connectivity index (χ3v) is 3.79. The maximum absolute atomic E-state index is 12.3. The highest BCUT2D eigenvalue weighted by Gasteiger charge is 2.21. The summed E-state index contributed by atoms with van der Waals surface area (Å²) in [6, 6.07) is 9.71. The van der Waals surface area contributed by atoms with Gasteiger partial charge in [-0.25, -0.2) is 0 Å². The Balaban J connectivity index is 1.71. The second-order valence-corrected chi connectivity index (χ2v) is 5.35. The fourth-order valence-electron chi connectivity index (χ4n) is 2.64. The van der Waals surface area contributed by atoms with Crippen LogP contribution in [0.25, 0.3) is 0 Å². The molecule has 5 heteroatoms. The van der Waals surface area contributed by atoms with E-state index in [1.165, 1.54) is 0 Å². The fraction of sp³-hybridized carbons (Fsp3) is 0.375. The minimum absolute atomic E-state index is 0.0580. The third-order valence-electron chi connectivity index (χ3n) is 3.79. The number of aromatic nitrogens is 2. The van der Waals surface area contributed by atoms with Crippen molar-refractivity contribution in [3.8, 4) is 0 Å². The average Bonchev–Trinajstić information content (AvgIpc) is 3.03. The molecule has 1 unspecified atom stereocenters. The van der Waals surface area contributed by atoms with Gasteiger partial charge in [-0.1, -0.05) is 24.6 Å². The van der Waals surface area contributed by atoms with Crippen LogP contribution in [-0.2, 0) is 11.3 Å². The standard InChI is InChI=1S/C16H20N4O/c21-16(15-8-3-4-9-17-15)19-14-7-2-1-6-13(14)12-20-11-5-10-18-20/h1-2,5-7,10-11,15,17H,3-4,8-9,12H2,(H,19,21). The summed E-state index contributed by atoms with van der Waals surface area (Å²) in [5.74, 6) is 0.0580. The molecule has 0 bridgehead atoms. The molecule has 1 aliphatic heterocycles. The minimum atomic E-state index is -0.0727. The summed E-state index contributed by atoms with van der Waals surface area (Å²) in [5, 5.41) is 10.5. The van der Waals surface area contributed by atoms with Gasteiger partial charge in [0.2, 0.25) is 5.91 Å². The number of anilines is 1. The Bertz CT molecular complexity index is 588. The highest BCUT2D eigenvalue weighted by Crippen LogP contribution is 2.17. The van der Waals surface area contributed by atoms with E-state index in [1.807, 2.05) is 41.2 Å². The van der Waals surface area contributed by atoms with Crippen LogP contribution in [0.15, 0.2) is 42.7 Å². The number of amides is 1. The maximum atomic E-state index is 12.3. The molecule has 1 amide bonds. The van der Waals surface area contributed by atoms with E-state index in [9.17, 15) is 4.79 Å². The molecule has 21 heavy (non-hydrogen) atoms. The Kier molecular flexibility index (Phi) is 4.31. The van der Waals surface area contributed by atoms with Crippen molar-refractivity contribution in [3.05, 3.63) is 48.3 Å². The van der Waals surface area contributed by atoms with Crippen molar-refractivity contribution in [2.75, 3.05) is 11.9 Å². The zero-order chi connectivity index (χ0) is 14.5. The number of nitrogens with zero attached hydrogens (tertiary/aromatic N) is 2. The number of nitrogens with one attached hydrogen (secondary N) is 2. The van der Waals surface area contributed by atoms with Gasteiger partial charge in [0, 0.05) is 18.1 Å². The van der Waals surface area contributed by atoms with Crippen LogP contribution in [0, 0.1) is 0 Å². The van der Waals surface area contributed by atoms with Crippen molar-refractivity contribution < 1.29 is 4.79 Å². The monoisotopic (exact) mass is 284 g/mol. The second kappa shape index (κ2) is 6.54. The van der Waals surface area contributed by atoms with Crippen LogP contribution < -0.4 is 10.6 Å². The molecule has 3 rings (SSSR count). The van der Waals surface area contributed by atoms with Crippen LogP contribution in [0.2, 0.25) is 0 Å². The Morgan fingerprint density at radius 3 is 3.00 bits per heavy atom. The van der Waals surface area contributed by atoms with E-state index < -0.39 is 0 Å². The van der Waals surface area contributed by atoms with Crippen molar-refractivity contribution in [1.82, 2.24) is 15.1 Å². The van der Waals surface area contributed by atoms with Crippen molar-refractivity contribution >= 4 is 11.6 Å². The summed E-state index contributed by atoms with van der Waals surface area (Å²) >= 11 is 0. The topological polar surface area (TPSA) is 59.0 Å².